The summed E-state index contributed by atoms with van der Waals surface area (Å²) in [4.78, 5) is 4.24. The van der Waals surface area contributed by atoms with Gasteiger partial charge >= 0.3 is 6.18 Å². The lowest BCUT2D eigenvalue weighted by atomic mass is 10.1. The number of rotatable bonds is 4. The first kappa shape index (κ1) is 20.2. The standard InChI is InChI=1S/C20H11ClF4N2S/c21-17-4-2-1-3-13(17)11-28-19-15(10-26)16(20(23,24)25)9-18(27-19)12-5-7-14(22)8-6-12/h1-9H,11H2. The lowest BCUT2D eigenvalue weighted by molar-refractivity contribution is -0.138. The lowest BCUT2D eigenvalue weighted by Crippen LogP contribution is -2.10. The molecule has 0 unspecified atom stereocenters. The van der Waals surface area contributed by atoms with E-state index in [0.717, 1.165) is 30.0 Å². The average Bonchev–Trinajstić information content (AvgIpc) is 2.66. The van der Waals surface area contributed by atoms with Crippen LogP contribution in [0.25, 0.3) is 11.3 Å². The van der Waals surface area contributed by atoms with Gasteiger partial charge in [-0.3, -0.25) is 0 Å². The summed E-state index contributed by atoms with van der Waals surface area (Å²) >= 11 is 7.08. The second kappa shape index (κ2) is 8.21. The molecular formula is C20H11ClF4N2S. The zero-order valence-electron chi connectivity index (χ0n) is 14.1. The van der Waals surface area contributed by atoms with E-state index in [1.807, 2.05) is 0 Å². The molecule has 0 aliphatic carbocycles. The molecule has 0 aliphatic rings. The van der Waals surface area contributed by atoms with E-state index in [0.29, 0.717) is 16.1 Å². The number of aromatic nitrogens is 1. The molecule has 0 atom stereocenters. The van der Waals surface area contributed by atoms with Crippen molar-refractivity contribution >= 4 is 23.4 Å². The molecule has 2 nitrogen and oxygen atoms in total. The van der Waals surface area contributed by atoms with E-state index >= 15 is 0 Å². The van der Waals surface area contributed by atoms with Crippen LogP contribution in [0.15, 0.2) is 59.6 Å². The number of pyridine rings is 1. The quantitative estimate of drug-likeness (QED) is 0.345. The van der Waals surface area contributed by atoms with Gasteiger partial charge in [-0.1, -0.05) is 29.8 Å². The molecule has 0 amide bonds. The van der Waals surface area contributed by atoms with Crippen molar-refractivity contribution in [3.8, 4) is 17.3 Å². The number of benzene rings is 2. The number of thioether (sulfide) groups is 1. The maximum atomic E-state index is 13.5. The van der Waals surface area contributed by atoms with Gasteiger partial charge in [0.1, 0.15) is 16.9 Å². The minimum Gasteiger partial charge on any atom is -0.240 e. The molecule has 0 saturated heterocycles. The monoisotopic (exact) mass is 422 g/mol. The average molecular weight is 423 g/mol. The Morgan fingerprint density at radius 3 is 2.36 bits per heavy atom. The van der Waals surface area contributed by atoms with Crippen molar-refractivity contribution in [2.45, 2.75) is 17.0 Å². The summed E-state index contributed by atoms with van der Waals surface area (Å²) in [7, 11) is 0. The molecule has 3 rings (SSSR count). The molecule has 0 saturated carbocycles. The van der Waals surface area contributed by atoms with Crippen molar-refractivity contribution in [3.63, 3.8) is 0 Å². The second-order valence-electron chi connectivity index (χ2n) is 5.73. The smallest absolute Gasteiger partial charge is 0.240 e. The Hall–Kier alpha value is -2.56. The van der Waals surface area contributed by atoms with E-state index < -0.39 is 23.1 Å². The number of halogens is 5. The van der Waals surface area contributed by atoms with Crippen LogP contribution in [0.1, 0.15) is 16.7 Å². The van der Waals surface area contributed by atoms with Gasteiger partial charge in [-0.2, -0.15) is 18.4 Å². The number of nitriles is 1. The molecule has 1 aromatic heterocycles. The minimum atomic E-state index is -4.73. The summed E-state index contributed by atoms with van der Waals surface area (Å²) in [5.41, 5.74) is -0.592. The van der Waals surface area contributed by atoms with E-state index in [2.05, 4.69) is 4.98 Å². The maximum absolute atomic E-state index is 13.5. The van der Waals surface area contributed by atoms with Crippen LogP contribution in [0.4, 0.5) is 17.6 Å². The molecule has 0 aliphatic heterocycles. The van der Waals surface area contributed by atoms with Gasteiger partial charge in [-0.25, -0.2) is 9.37 Å². The van der Waals surface area contributed by atoms with Crippen LogP contribution in [0.5, 0.6) is 0 Å². The number of hydrogen-bond acceptors (Lipinski definition) is 3. The third kappa shape index (κ3) is 4.46. The largest absolute Gasteiger partial charge is 0.417 e. The third-order valence-corrected chi connectivity index (χ3v) is 5.26. The van der Waals surface area contributed by atoms with E-state index in [4.69, 9.17) is 11.6 Å². The molecular weight excluding hydrogens is 412 g/mol. The normalized spacial score (nSPS) is 11.3. The van der Waals surface area contributed by atoms with Crippen molar-refractivity contribution in [1.82, 2.24) is 4.98 Å². The molecule has 0 radical (unpaired) electrons. The van der Waals surface area contributed by atoms with Crippen LogP contribution in [-0.4, -0.2) is 4.98 Å². The Morgan fingerprint density at radius 2 is 1.75 bits per heavy atom. The van der Waals surface area contributed by atoms with Crippen molar-refractivity contribution in [2.75, 3.05) is 0 Å². The van der Waals surface area contributed by atoms with E-state index in [9.17, 15) is 22.8 Å². The van der Waals surface area contributed by atoms with Gasteiger partial charge in [-0.15, -0.1) is 11.8 Å². The summed E-state index contributed by atoms with van der Waals surface area (Å²) in [5, 5.41) is 9.75. The highest BCUT2D eigenvalue weighted by Gasteiger charge is 2.36. The van der Waals surface area contributed by atoms with Gasteiger partial charge in [0.25, 0.3) is 0 Å². The van der Waals surface area contributed by atoms with E-state index in [1.54, 1.807) is 30.3 Å². The first-order chi connectivity index (χ1) is 13.3. The molecule has 2 aromatic carbocycles. The predicted octanol–water partition coefficient (Wildman–Crippen LogP) is 6.72. The Morgan fingerprint density at radius 1 is 1.07 bits per heavy atom. The van der Waals surface area contributed by atoms with Gasteiger partial charge < -0.3 is 0 Å². The Labute approximate surface area is 167 Å². The zero-order valence-corrected chi connectivity index (χ0v) is 15.7. The fourth-order valence-corrected chi connectivity index (χ4v) is 3.78. The summed E-state index contributed by atoms with van der Waals surface area (Å²) in [6, 6.07) is 14.3. The van der Waals surface area contributed by atoms with Gasteiger partial charge in [0.2, 0.25) is 0 Å². The first-order valence-electron chi connectivity index (χ1n) is 7.94. The highest BCUT2D eigenvalue weighted by molar-refractivity contribution is 7.98. The molecule has 0 fully saturated rings. The number of alkyl halides is 3. The maximum Gasteiger partial charge on any atom is 0.417 e. The van der Waals surface area contributed by atoms with Crippen LogP contribution in [0.3, 0.4) is 0 Å². The third-order valence-electron chi connectivity index (χ3n) is 3.87. The Kier molecular flexibility index (Phi) is 5.92. The Balaban J connectivity index is 2.08. The summed E-state index contributed by atoms with van der Waals surface area (Å²) in [5.74, 6) is -0.271. The first-order valence-corrected chi connectivity index (χ1v) is 9.30. The van der Waals surface area contributed by atoms with E-state index in [1.165, 1.54) is 12.1 Å². The highest BCUT2D eigenvalue weighted by Crippen LogP contribution is 2.39. The van der Waals surface area contributed by atoms with Crippen LogP contribution in [-0.2, 0) is 11.9 Å². The highest BCUT2D eigenvalue weighted by atomic mass is 35.5. The number of hydrogen-bond donors (Lipinski definition) is 0. The molecule has 3 aromatic rings. The van der Waals surface area contributed by atoms with Crippen molar-refractivity contribution in [3.05, 3.63) is 82.1 Å². The molecule has 1 heterocycles. The van der Waals surface area contributed by atoms with Crippen molar-refractivity contribution in [2.24, 2.45) is 0 Å². The number of nitrogens with zero attached hydrogens (tertiary/aromatic N) is 2. The van der Waals surface area contributed by atoms with Crippen molar-refractivity contribution < 1.29 is 17.6 Å². The molecule has 8 heteroatoms. The van der Waals surface area contributed by atoms with Gasteiger partial charge in [0.05, 0.1) is 16.8 Å². The summed E-state index contributed by atoms with van der Waals surface area (Å²) < 4.78 is 53.8. The van der Waals surface area contributed by atoms with Crippen LogP contribution < -0.4 is 0 Å². The fraction of sp³-hybridized carbons (Fsp3) is 0.100. The zero-order chi connectivity index (χ0) is 20.3. The van der Waals surface area contributed by atoms with Crippen LogP contribution >= 0.6 is 23.4 Å². The van der Waals surface area contributed by atoms with E-state index in [-0.39, 0.29) is 16.5 Å². The topological polar surface area (TPSA) is 36.7 Å². The Bertz CT molecular complexity index is 1040. The molecule has 0 N–H and O–H groups in total. The fourth-order valence-electron chi connectivity index (χ4n) is 2.49. The molecule has 142 valence electrons. The summed E-state index contributed by atoms with van der Waals surface area (Å²) in [6.45, 7) is 0. The van der Waals surface area contributed by atoms with Crippen LogP contribution in [0.2, 0.25) is 5.02 Å². The van der Waals surface area contributed by atoms with Crippen molar-refractivity contribution in [1.29, 1.82) is 5.26 Å². The van der Waals surface area contributed by atoms with Gasteiger partial charge in [0.15, 0.2) is 0 Å². The second-order valence-corrected chi connectivity index (χ2v) is 7.10. The molecule has 0 bridgehead atoms. The molecule has 28 heavy (non-hydrogen) atoms. The minimum absolute atomic E-state index is 0.00739. The predicted molar refractivity (Wildman–Crippen MR) is 100 cm³/mol. The van der Waals surface area contributed by atoms with Crippen LogP contribution in [0, 0.1) is 17.1 Å². The lowest BCUT2D eigenvalue weighted by Gasteiger charge is -2.14. The van der Waals surface area contributed by atoms with Gasteiger partial charge in [-0.05, 0) is 42.0 Å². The van der Waals surface area contributed by atoms with Gasteiger partial charge in [0, 0.05) is 16.3 Å². The molecule has 0 spiro atoms. The summed E-state index contributed by atoms with van der Waals surface area (Å²) in [6.07, 6.45) is -4.73. The SMILES string of the molecule is N#Cc1c(C(F)(F)F)cc(-c2ccc(F)cc2)nc1SCc1ccccc1Cl.